The molecule has 104 valence electrons. The third-order valence-electron chi connectivity index (χ3n) is 4.27. The molecule has 3 rings (SSSR count). The van der Waals surface area contributed by atoms with Gasteiger partial charge in [0.1, 0.15) is 0 Å². The second-order valence-corrected chi connectivity index (χ2v) is 5.63. The molecule has 0 bridgehead atoms. The molecule has 2 N–H and O–H groups in total. The maximum atomic E-state index is 12.4. The monoisotopic (exact) mass is 262 g/mol. The van der Waals surface area contributed by atoms with Crippen LogP contribution in [-0.4, -0.2) is 28.3 Å². The predicted octanol–water partition coefficient (Wildman–Crippen LogP) is 1.13. The highest BCUT2D eigenvalue weighted by molar-refractivity contribution is 5.94. The summed E-state index contributed by atoms with van der Waals surface area (Å²) in [4.78, 5) is 12.4. The molecule has 1 fully saturated rings. The van der Waals surface area contributed by atoms with Gasteiger partial charge in [-0.2, -0.15) is 5.10 Å². The van der Waals surface area contributed by atoms with Crippen molar-refractivity contribution >= 4 is 5.91 Å². The third kappa shape index (κ3) is 2.52. The van der Waals surface area contributed by atoms with Gasteiger partial charge < -0.3 is 10.6 Å². The molecule has 1 amide bonds. The highest BCUT2D eigenvalue weighted by atomic mass is 16.2. The summed E-state index contributed by atoms with van der Waals surface area (Å²) in [5, 5.41) is 10.9. The van der Waals surface area contributed by atoms with E-state index in [9.17, 15) is 4.79 Å². The molecular weight excluding hydrogens is 240 g/mol. The SMILES string of the molecule is Cn1nc(C(=O)NC2CCCCC2)c2c1CCNC2. The van der Waals surface area contributed by atoms with Crippen molar-refractivity contribution in [1.82, 2.24) is 20.4 Å². The van der Waals surface area contributed by atoms with Crippen molar-refractivity contribution in [1.29, 1.82) is 0 Å². The zero-order valence-electron chi connectivity index (χ0n) is 11.5. The van der Waals surface area contributed by atoms with Crippen molar-refractivity contribution in [3.05, 3.63) is 17.0 Å². The summed E-state index contributed by atoms with van der Waals surface area (Å²) in [6, 6.07) is 0.343. The number of hydrogen-bond donors (Lipinski definition) is 2. The summed E-state index contributed by atoms with van der Waals surface area (Å²) < 4.78 is 1.87. The van der Waals surface area contributed by atoms with Gasteiger partial charge in [0.2, 0.25) is 0 Å². The Morgan fingerprint density at radius 3 is 2.95 bits per heavy atom. The normalized spacial score (nSPS) is 20.1. The van der Waals surface area contributed by atoms with Crippen molar-refractivity contribution in [2.75, 3.05) is 6.54 Å². The molecular formula is C14H22N4O. The first-order valence-electron chi connectivity index (χ1n) is 7.32. The van der Waals surface area contributed by atoms with Crippen LogP contribution in [0.4, 0.5) is 0 Å². The number of amides is 1. The predicted molar refractivity (Wildman–Crippen MR) is 73.0 cm³/mol. The van der Waals surface area contributed by atoms with E-state index in [1.54, 1.807) is 0 Å². The van der Waals surface area contributed by atoms with Crippen LogP contribution in [0.5, 0.6) is 0 Å². The van der Waals surface area contributed by atoms with E-state index >= 15 is 0 Å². The van der Waals surface area contributed by atoms with E-state index in [0.29, 0.717) is 11.7 Å². The maximum absolute atomic E-state index is 12.4. The number of nitrogens with zero attached hydrogens (tertiary/aromatic N) is 2. The molecule has 5 nitrogen and oxygen atoms in total. The number of fused-ring (bicyclic) bond motifs is 1. The molecule has 1 aromatic heterocycles. The van der Waals surface area contributed by atoms with E-state index in [1.807, 2.05) is 11.7 Å². The van der Waals surface area contributed by atoms with Crippen molar-refractivity contribution in [3.63, 3.8) is 0 Å². The van der Waals surface area contributed by atoms with Crippen LogP contribution in [0.1, 0.15) is 53.8 Å². The van der Waals surface area contributed by atoms with Crippen LogP contribution in [0, 0.1) is 0 Å². The topological polar surface area (TPSA) is 59.0 Å². The van der Waals surface area contributed by atoms with Gasteiger partial charge in [0.15, 0.2) is 5.69 Å². The van der Waals surface area contributed by atoms with Gasteiger partial charge in [0, 0.05) is 43.9 Å². The lowest BCUT2D eigenvalue weighted by molar-refractivity contribution is 0.0921. The van der Waals surface area contributed by atoms with Crippen LogP contribution < -0.4 is 10.6 Å². The number of nitrogens with one attached hydrogen (secondary N) is 2. The van der Waals surface area contributed by atoms with Gasteiger partial charge in [-0.3, -0.25) is 9.48 Å². The van der Waals surface area contributed by atoms with E-state index in [-0.39, 0.29) is 5.91 Å². The maximum Gasteiger partial charge on any atom is 0.272 e. The van der Waals surface area contributed by atoms with Crippen LogP contribution in [-0.2, 0) is 20.0 Å². The van der Waals surface area contributed by atoms with Gasteiger partial charge in [-0.15, -0.1) is 0 Å². The van der Waals surface area contributed by atoms with E-state index in [0.717, 1.165) is 37.9 Å². The molecule has 0 saturated heterocycles. The Balaban J connectivity index is 1.76. The number of rotatable bonds is 2. The lowest BCUT2D eigenvalue weighted by Gasteiger charge is -2.22. The van der Waals surface area contributed by atoms with E-state index in [1.165, 1.54) is 25.0 Å². The largest absolute Gasteiger partial charge is 0.348 e. The van der Waals surface area contributed by atoms with Gasteiger partial charge >= 0.3 is 0 Å². The van der Waals surface area contributed by atoms with E-state index in [4.69, 9.17) is 0 Å². The smallest absolute Gasteiger partial charge is 0.272 e. The highest BCUT2D eigenvalue weighted by Gasteiger charge is 2.25. The summed E-state index contributed by atoms with van der Waals surface area (Å²) in [7, 11) is 1.93. The molecule has 1 aromatic rings. The molecule has 1 saturated carbocycles. The fourth-order valence-corrected chi connectivity index (χ4v) is 3.20. The first kappa shape index (κ1) is 12.7. The highest BCUT2D eigenvalue weighted by Crippen LogP contribution is 2.20. The summed E-state index contributed by atoms with van der Waals surface area (Å²) >= 11 is 0. The number of aromatic nitrogens is 2. The standard InChI is InChI=1S/C14H22N4O/c1-18-12-7-8-15-9-11(12)13(17-18)14(19)16-10-5-3-2-4-6-10/h10,15H,2-9H2,1H3,(H,16,19). The number of carbonyl (C=O) groups is 1. The molecule has 1 aliphatic heterocycles. The fraction of sp³-hybridized carbons (Fsp3) is 0.714. The zero-order valence-corrected chi connectivity index (χ0v) is 11.5. The van der Waals surface area contributed by atoms with Gasteiger partial charge in [0.25, 0.3) is 5.91 Å². The fourth-order valence-electron chi connectivity index (χ4n) is 3.20. The summed E-state index contributed by atoms with van der Waals surface area (Å²) in [6.45, 7) is 1.73. The molecule has 0 atom stereocenters. The Kier molecular flexibility index (Phi) is 3.55. The molecule has 1 aliphatic carbocycles. The summed E-state index contributed by atoms with van der Waals surface area (Å²) in [6.07, 6.45) is 6.93. The minimum Gasteiger partial charge on any atom is -0.348 e. The first-order valence-corrected chi connectivity index (χ1v) is 7.32. The van der Waals surface area contributed by atoms with Crippen LogP contribution in [0.15, 0.2) is 0 Å². The Morgan fingerprint density at radius 1 is 1.37 bits per heavy atom. The average Bonchev–Trinajstić information content (AvgIpc) is 2.78. The number of hydrogen-bond acceptors (Lipinski definition) is 3. The lowest BCUT2D eigenvalue weighted by atomic mass is 9.95. The molecule has 0 unspecified atom stereocenters. The number of carbonyl (C=O) groups excluding carboxylic acids is 1. The molecule has 0 spiro atoms. The lowest BCUT2D eigenvalue weighted by Crippen LogP contribution is -2.37. The summed E-state index contributed by atoms with van der Waals surface area (Å²) in [5.74, 6) is 0.00690. The molecule has 2 aliphatic rings. The zero-order chi connectivity index (χ0) is 13.2. The first-order chi connectivity index (χ1) is 9.25. The second kappa shape index (κ2) is 5.33. The van der Waals surface area contributed by atoms with Crippen LogP contribution in [0.25, 0.3) is 0 Å². The average molecular weight is 262 g/mol. The Morgan fingerprint density at radius 2 is 2.16 bits per heavy atom. The van der Waals surface area contributed by atoms with Crippen molar-refractivity contribution < 1.29 is 4.79 Å². The molecule has 2 heterocycles. The van der Waals surface area contributed by atoms with Gasteiger partial charge in [-0.25, -0.2) is 0 Å². The molecule has 0 aromatic carbocycles. The quantitative estimate of drug-likeness (QED) is 0.840. The molecule has 0 radical (unpaired) electrons. The van der Waals surface area contributed by atoms with E-state index < -0.39 is 0 Å². The van der Waals surface area contributed by atoms with Gasteiger partial charge in [0.05, 0.1) is 0 Å². The second-order valence-electron chi connectivity index (χ2n) is 5.63. The molecule has 5 heteroatoms. The van der Waals surface area contributed by atoms with E-state index in [2.05, 4.69) is 15.7 Å². The minimum absolute atomic E-state index is 0.00690. The van der Waals surface area contributed by atoms with Crippen LogP contribution in [0.2, 0.25) is 0 Å². The summed E-state index contributed by atoms with van der Waals surface area (Å²) in [5.41, 5.74) is 2.91. The van der Waals surface area contributed by atoms with Gasteiger partial charge in [-0.1, -0.05) is 19.3 Å². The Bertz CT molecular complexity index is 474. The Labute approximate surface area is 113 Å². The Hall–Kier alpha value is -1.36. The number of aryl methyl sites for hydroxylation is 1. The van der Waals surface area contributed by atoms with Crippen molar-refractivity contribution in [2.45, 2.75) is 51.1 Å². The third-order valence-corrected chi connectivity index (χ3v) is 4.27. The van der Waals surface area contributed by atoms with Crippen LogP contribution >= 0.6 is 0 Å². The van der Waals surface area contributed by atoms with Crippen LogP contribution in [0.3, 0.4) is 0 Å². The molecule has 19 heavy (non-hydrogen) atoms. The van der Waals surface area contributed by atoms with Crippen molar-refractivity contribution in [3.8, 4) is 0 Å². The van der Waals surface area contributed by atoms with Gasteiger partial charge in [-0.05, 0) is 12.8 Å². The van der Waals surface area contributed by atoms with Crippen molar-refractivity contribution in [2.24, 2.45) is 7.05 Å². The minimum atomic E-state index is 0.00690.